The molecule has 0 atom stereocenters. The SMILES string of the molecule is Cc1cnc(CN(CCN)CCc2ccccc2)o1. The number of oxazole rings is 1. The van der Waals surface area contributed by atoms with E-state index in [9.17, 15) is 0 Å². The van der Waals surface area contributed by atoms with Crippen LogP contribution < -0.4 is 5.73 Å². The van der Waals surface area contributed by atoms with E-state index in [0.29, 0.717) is 6.54 Å². The molecule has 2 N–H and O–H groups in total. The van der Waals surface area contributed by atoms with Gasteiger partial charge in [0.25, 0.3) is 0 Å². The van der Waals surface area contributed by atoms with Crippen LogP contribution in [0, 0.1) is 6.92 Å². The molecule has 0 aliphatic heterocycles. The van der Waals surface area contributed by atoms with Crippen LogP contribution in [0.25, 0.3) is 0 Å². The van der Waals surface area contributed by atoms with Crippen LogP contribution in [0.1, 0.15) is 17.2 Å². The van der Waals surface area contributed by atoms with Crippen LogP contribution >= 0.6 is 0 Å². The lowest BCUT2D eigenvalue weighted by Gasteiger charge is -2.19. The first-order valence-corrected chi connectivity index (χ1v) is 6.65. The Balaban J connectivity index is 1.89. The Hall–Kier alpha value is -1.65. The van der Waals surface area contributed by atoms with Crippen molar-refractivity contribution in [3.8, 4) is 0 Å². The van der Waals surface area contributed by atoms with Gasteiger partial charge in [0.1, 0.15) is 5.76 Å². The second-order valence-electron chi connectivity index (χ2n) is 4.67. The fraction of sp³-hybridized carbons (Fsp3) is 0.400. The summed E-state index contributed by atoms with van der Waals surface area (Å²) in [5, 5.41) is 0. The molecule has 1 aromatic heterocycles. The van der Waals surface area contributed by atoms with Gasteiger partial charge in [0, 0.05) is 19.6 Å². The minimum absolute atomic E-state index is 0.647. The number of aryl methyl sites for hydroxylation is 1. The number of hydrogen-bond acceptors (Lipinski definition) is 4. The predicted molar refractivity (Wildman–Crippen MR) is 75.7 cm³/mol. The fourth-order valence-electron chi connectivity index (χ4n) is 2.05. The van der Waals surface area contributed by atoms with E-state index in [4.69, 9.17) is 10.2 Å². The van der Waals surface area contributed by atoms with Gasteiger partial charge in [-0.25, -0.2) is 4.98 Å². The molecule has 4 nitrogen and oxygen atoms in total. The molecule has 0 saturated carbocycles. The molecule has 0 aliphatic carbocycles. The van der Waals surface area contributed by atoms with Crippen LogP contribution in [0.4, 0.5) is 0 Å². The zero-order valence-electron chi connectivity index (χ0n) is 11.4. The molecule has 0 aliphatic rings. The lowest BCUT2D eigenvalue weighted by atomic mass is 10.1. The highest BCUT2D eigenvalue weighted by Gasteiger charge is 2.09. The Kier molecular flexibility index (Phi) is 5.12. The van der Waals surface area contributed by atoms with Crippen molar-refractivity contribution >= 4 is 0 Å². The van der Waals surface area contributed by atoms with Gasteiger partial charge in [0.05, 0.1) is 12.7 Å². The van der Waals surface area contributed by atoms with Gasteiger partial charge >= 0.3 is 0 Å². The molecule has 0 amide bonds. The normalized spacial score (nSPS) is 11.1. The Morgan fingerprint density at radius 2 is 2.00 bits per heavy atom. The van der Waals surface area contributed by atoms with Crippen LogP contribution in [0.15, 0.2) is 40.9 Å². The third-order valence-electron chi connectivity index (χ3n) is 3.03. The van der Waals surface area contributed by atoms with Crippen LogP contribution in [0.2, 0.25) is 0 Å². The van der Waals surface area contributed by atoms with Gasteiger partial charge in [-0.1, -0.05) is 30.3 Å². The summed E-state index contributed by atoms with van der Waals surface area (Å²) in [5.74, 6) is 1.62. The Labute approximate surface area is 114 Å². The standard InChI is InChI=1S/C15H21N3O/c1-13-11-17-15(19-13)12-18(10-8-16)9-7-14-5-3-2-4-6-14/h2-6,11H,7-10,12,16H2,1H3. The van der Waals surface area contributed by atoms with Gasteiger partial charge in [-0.2, -0.15) is 0 Å². The highest BCUT2D eigenvalue weighted by molar-refractivity contribution is 5.14. The van der Waals surface area contributed by atoms with Crippen LogP contribution in [0.5, 0.6) is 0 Å². The lowest BCUT2D eigenvalue weighted by molar-refractivity contribution is 0.246. The summed E-state index contributed by atoms with van der Waals surface area (Å²) in [6, 6.07) is 10.5. The summed E-state index contributed by atoms with van der Waals surface area (Å²) in [5.41, 5.74) is 7.01. The third-order valence-corrected chi connectivity index (χ3v) is 3.03. The fourth-order valence-corrected chi connectivity index (χ4v) is 2.05. The van der Waals surface area contributed by atoms with Crippen molar-refractivity contribution < 1.29 is 4.42 Å². The van der Waals surface area contributed by atoms with E-state index in [1.54, 1.807) is 6.20 Å². The Bertz CT molecular complexity index is 481. The Morgan fingerprint density at radius 1 is 1.21 bits per heavy atom. The number of aromatic nitrogens is 1. The molecule has 19 heavy (non-hydrogen) atoms. The molecular formula is C15H21N3O. The van der Waals surface area contributed by atoms with E-state index in [1.165, 1.54) is 5.56 Å². The molecule has 1 heterocycles. The predicted octanol–water partition coefficient (Wildman–Crippen LogP) is 1.99. The van der Waals surface area contributed by atoms with Gasteiger partial charge < -0.3 is 10.2 Å². The second kappa shape index (κ2) is 7.07. The molecule has 0 bridgehead atoms. The first-order chi connectivity index (χ1) is 9.28. The molecule has 2 rings (SSSR count). The second-order valence-corrected chi connectivity index (χ2v) is 4.67. The number of nitrogens with zero attached hydrogens (tertiary/aromatic N) is 2. The van der Waals surface area contributed by atoms with E-state index >= 15 is 0 Å². The number of nitrogens with two attached hydrogens (primary N) is 1. The van der Waals surface area contributed by atoms with Crippen molar-refractivity contribution in [3.05, 3.63) is 53.7 Å². The highest BCUT2D eigenvalue weighted by atomic mass is 16.4. The van der Waals surface area contributed by atoms with Gasteiger partial charge in [-0.15, -0.1) is 0 Å². The van der Waals surface area contributed by atoms with Crippen molar-refractivity contribution in [2.24, 2.45) is 5.73 Å². The minimum Gasteiger partial charge on any atom is -0.445 e. The summed E-state index contributed by atoms with van der Waals surface area (Å²) in [4.78, 5) is 6.52. The van der Waals surface area contributed by atoms with Gasteiger partial charge in [-0.3, -0.25) is 4.90 Å². The Morgan fingerprint density at radius 3 is 2.63 bits per heavy atom. The summed E-state index contributed by atoms with van der Waals surface area (Å²) in [6.07, 6.45) is 2.77. The monoisotopic (exact) mass is 259 g/mol. The van der Waals surface area contributed by atoms with E-state index in [2.05, 4.69) is 34.1 Å². The van der Waals surface area contributed by atoms with E-state index in [1.807, 2.05) is 13.0 Å². The van der Waals surface area contributed by atoms with E-state index in [0.717, 1.165) is 37.7 Å². The minimum atomic E-state index is 0.647. The molecule has 0 radical (unpaired) electrons. The third kappa shape index (κ3) is 4.50. The summed E-state index contributed by atoms with van der Waals surface area (Å²) >= 11 is 0. The molecule has 4 heteroatoms. The lowest BCUT2D eigenvalue weighted by Crippen LogP contribution is -2.31. The zero-order chi connectivity index (χ0) is 13.5. The van der Waals surface area contributed by atoms with Crippen LogP contribution in [-0.2, 0) is 13.0 Å². The molecule has 102 valence electrons. The zero-order valence-corrected chi connectivity index (χ0v) is 11.4. The molecule has 1 aromatic carbocycles. The van der Waals surface area contributed by atoms with Crippen LogP contribution in [0.3, 0.4) is 0 Å². The topological polar surface area (TPSA) is 55.3 Å². The number of rotatable bonds is 7. The molecule has 0 spiro atoms. The maximum Gasteiger partial charge on any atom is 0.208 e. The van der Waals surface area contributed by atoms with Crippen molar-refractivity contribution in [2.45, 2.75) is 19.9 Å². The highest BCUT2D eigenvalue weighted by Crippen LogP contribution is 2.07. The molecule has 0 saturated heterocycles. The van der Waals surface area contributed by atoms with E-state index in [-0.39, 0.29) is 0 Å². The quantitative estimate of drug-likeness (QED) is 0.826. The molecular weight excluding hydrogens is 238 g/mol. The van der Waals surface area contributed by atoms with Crippen molar-refractivity contribution in [3.63, 3.8) is 0 Å². The van der Waals surface area contributed by atoms with Crippen molar-refractivity contribution in [1.82, 2.24) is 9.88 Å². The first-order valence-electron chi connectivity index (χ1n) is 6.65. The first kappa shape index (κ1) is 13.8. The summed E-state index contributed by atoms with van der Waals surface area (Å²) in [6.45, 7) is 5.09. The number of benzene rings is 1. The maximum atomic E-state index is 5.66. The summed E-state index contributed by atoms with van der Waals surface area (Å²) in [7, 11) is 0. The summed E-state index contributed by atoms with van der Waals surface area (Å²) < 4.78 is 5.52. The van der Waals surface area contributed by atoms with Gasteiger partial charge in [0.15, 0.2) is 0 Å². The smallest absolute Gasteiger partial charge is 0.208 e. The average Bonchev–Trinajstić information content (AvgIpc) is 2.83. The maximum absolute atomic E-state index is 5.66. The number of hydrogen-bond donors (Lipinski definition) is 1. The van der Waals surface area contributed by atoms with E-state index < -0.39 is 0 Å². The molecule has 2 aromatic rings. The van der Waals surface area contributed by atoms with Gasteiger partial charge in [-0.05, 0) is 18.9 Å². The van der Waals surface area contributed by atoms with Gasteiger partial charge in [0.2, 0.25) is 5.89 Å². The molecule has 0 fully saturated rings. The van der Waals surface area contributed by atoms with Crippen molar-refractivity contribution in [2.75, 3.05) is 19.6 Å². The largest absolute Gasteiger partial charge is 0.445 e. The average molecular weight is 259 g/mol. The molecule has 0 unspecified atom stereocenters. The van der Waals surface area contributed by atoms with Crippen molar-refractivity contribution in [1.29, 1.82) is 0 Å². The van der Waals surface area contributed by atoms with Crippen LogP contribution in [-0.4, -0.2) is 29.5 Å².